The van der Waals surface area contributed by atoms with E-state index in [9.17, 15) is 19.1 Å². The number of carbonyl (C=O) groups excluding carboxylic acids is 2. The van der Waals surface area contributed by atoms with E-state index in [1.807, 2.05) is 33.8 Å². The van der Waals surface area contributed by atoms with E-state index in [-0.39, 0.29) is 29.3 Å². The van der Waals surface area contributed by atoms with Crippen molar-refractivity contribution in [3.8, 4) is 11.6 Å². The third-order valence-corrected chi connectivity index (χ3v) is 5.62. The molecule has 1 aliphatic heterocycles. The Morgan fingerprint density at radius 1 is 1.12 bits per heavy atom. The first kappa shape index (κ1) is 23.4. The zero-order valence-electron chi connectivity index (χ0n) is 19.7. The predicted octanol–water partition coefficient (Wildman–Crippen LogP) is 3.03. The van der Waals surface area contributed by atoms with Crippen LogP contribution in [0.25, 0.3) is 17.0 Å². The molecule has 0 fully saturated rings. The lowest BCUT2D eigenvalue weighted by atomic mass is 10.0. The fraction of sp³-hybridized carbons (Fsp3) is 0.308. The summed E-state index contributed by atoms with van der Waals surface area (Å²) in [6, 6.07) is 9.09. The van der Waals surface area contributed by atoms with Gasteiger partial charge < -0.3 is 5.11 Å². The Bertz CT molecular complexity index is 1290. The second-order valence-electron chi connectivity index (χ2n) is 8.89. The fourth-order valence-corrected chi connectivity index (χ4v) is 4.16. The molecule has 1 aromatic carbocycles. The van der Waals surface area contributed by atoms with E-state index in [1.165, 1.54) is 33.8 Å². The SMILES string of the molecule is CCCc1nn(-c2ccc(F)cc2)c([O-])c1C1=C([n+]2cccc(C)c2)C(=O)N(CC(C)C)C1=O. The van der Waals surface area contributed by atoms with Gasteiger partial charge in [-0.1, -0.05) is 27.2 Å². The van der Waals surface area contributed by atoms with Crippen molar-refractivity contribution in [1.29, 1.82) is 0 Å². The zero-order valence-corrected chi connectivity index (χ0v) is 19.7. The van der Waals surface area contributed by atoms with Crippen molar-refractivity contribution in [1.82, 2.24) is 14.7 Å². The molecule has 0 bridgehead atoms. The van der Waals surface area contributed by atoms with Gasteiger partial charge in [-0.2, -0.15) is 9.67 Å². The number of imide groups is 1. The van der Waals surface area contributed by atoms with Crippen LogP contribution in [0.3, 0.4) is 0 Å². The highest BCUT2D eigenvalue weighted by Crippen LogP contribution is 2.37. The average Bonchev–Trinajstić information content (AvgIpc) is 3.22. The third-order valence-electron chi connectivity index (χ3n) is 5.62. The summed E-state index contributed by atoms with van der Waals surface area (Å²) < 4.78 is 16.2. The third kappa shape index (κ3) is 4.11. The molecule has 2 amide bonds. The molecule has 1 aliphatic rings. The molecule has 0 saturated heterocycles. The van der Waals surface area contributed by atoms with Gasteiger partial charge in [-0.25, -0.2) is 9.07 Å². The zero-order chi connectivity index (χ0) is 24.6. The molecule has 3 aromatic rings. The van der Waals surface area contributed by atoms with E-state index >= 15 is 0 Å². The fourth-order valence-electron chi connectivity index (χ4n) is 4.16. The largest absolute Gasteiger partial charge is 0.858 e. The summed E-state index contributed by atoms with van der Waals surface area (Å²) in [4.78, 5) is 28.3. The van der Waals surface area contributed by atoms with Gasteiger partial charge in [0.15, 0.2) is 12.4 Å². The van der Waals surface area contributed by atoms with Gasteiger partial charge in [0, 0.05) is 23.7 Å². The lowest BCUT2D eigenvalue weighted by Gasteiger charge is -2.17. The van der Waals surface area contributed by atoms with Crippen LogP contribution in [0, 0.1) is 18.7 Å². The number of benzene rings is 1. The molecule has 0 radical (unpaired) electrons. The molecular weight excluding hydrogens is 435 g/mol. The summed E-state index contributed by atoms with van der Waals surface area (Å²) >= 11 is 0. The summed E-state index contributed by atoms with van der Waals surface area (Å²) in [6.45, 7) is 7.92. The summed E-state index contributed by atoms with van der Waals surface area (Å²) in [5, 5.41) is 18.1. The number of amides is 2. The van der Waals surface area contributed by atoms with Gasteiger partial charge in [0.05, 0.1) is 11.4 Å². The lowest BCUT2D eigenvalue weighted by Crippen LogP contribution is -2.41. The van der Waals surface area contributed by atoms with Crippen LogP contribution in [0.5, 0.6) is 5.88 Å². The summed E-state index contributed by atoms with van der Waals surface area (Å²) in [7, 11) is 0. The summed E-state index contributed by atoms with van der Waals surface area (Å²) in [6.07, 6.45) is 4.58. The minimum Gasteiger partial charge on any atom is -0.858 e. The van der Waals surface area contributed by atoms with Gasteiger partial charge in [0.1, 0.15) is 11.4 Å². The normalized spacial score (nSPS) is 14.1. The van der Waals surface area contributed by atoms with Crippen LogP contribution in [-0.2, 0) is 16.0 Å². The summed E-state index contributed by atoms with van der Waals surface area (Å²) in [5.41, 5.74) is 2.04. The van der Waals surface area contributed by atoms with Gasteiger partial charge in [0.25, 0.3) is 11.6 Å². The van der Waals surface area contributed by atoms with E-state index in [2.05, 4.69) is 5.10 Å². The molecule has 34 heavy (non-hydrogen) atoms. The molecule has 0 aliphatic carbocycles. The van der Waals surface area contributed by atoms with E-state index in [4.69, 9.17) is 0 Å². The highest BCUT2D eigenvalue weighted by molar-refractivity contribution is 6.44. The van der Waals surface area contributed by atoms with Crippen LogP contribution in [0.4, 0.5) is 4.39 Å². The Balaban J connectivity index is 1.99. The van der Waals surface area contributed by atoms with Crippen molar-refractivity contribution in [3.63, 3.8) is 0 Å². The molecule has 3 heterocycles. The molecule has 0 spiro atoms. The summed E-state index contributed by atoms with van der Waals surface area (Å²) in [5.74, 6) is -1.83. The molecule has 176 valence electrons. The number of carbonyl (C=O) groups is 2. The first-order valence-electron chi connectivity index (χ1n) is 11.4. The van der Waals surface area contributed by atoms with Crippen LogP contribution in [0.2, 0.25) is 0 Å². The first-order chi connectivity index (χ1) is 16.2. The van der Waals surface area contributed by atoms with Crippen molar-refractivity contribution in [2.75, 3.05) is 6.54 Å². The number of pyridine rings is 1. The number of nitrogens with zero attached hydrogens (tertiary/aromatic N) is 4. The Kier molecular flexibility index (Phi) is 6.32. The Hall–Kier alpha value is -3.81. The van der Waals surface area contributed by atoms with Crippen LogP contribution in [-0.4, -0.2) is 33.0 Å². The van der Waals surface area contributed by atoms with E-state index in [0.29, 0.717) is 24.2 Å². The van der Waals surface area contributed by atoms with Gasteiger partial charge in [-0.05, 0) is 55.5 Å². The minimum absolute atomic E-state index is 0.0554. The Morgan fingerprint density at radius 3 is 2.44 bits per heavy atom. The standard InChI is InChI=1S/C26H27FN4O3/c1-5-7-20-21(25(33)31(28-20)19-11-9-18(27)10-12-19)22-23(29-13-6-8-17(4)15-29)26(34)30(24(22)32)14-16(2)3/h6,8-13,15-16H,5,7,14H2,1-4H3. The number of halogens is 1. The van der Waals surface area contributed by atoms with Crippen molar-refractivity contribution in [2.24, 2.45) is 5.92 Å². The first-order valence-corrected chi connectivity index (χ1v) is 11.4. The maximum Gasteiger partial charge on any atom is 0.326 e. The highest BCUT2D eigenvalue weighted by Gasteiger charge is 2.46. The van der Waals surface area contributed by atoms with Crippen LogP contribution in [0.15, 0.2) is 48.8 Å². The van der Waals surface area contributed by atoms with Gasteiger partial charge in [0.2, 0.25) is 0 Å². The Morgan fingerprint density at radius 2 is 1.82 bits per heavy atom. The molecule has 0 atom stereocenters. The number of hydrogen-bond donors (Lipinski definition) is 0. The number of aromatic nitrogens is 3. The van der Waals surface area contributed by atoms with Crippen molar-refractivity contribution in [3.05, 3.63) is 71.4 Å². The maximum atomic E-state index is 13.6. The molecule has 0 saturated carbocycles. The molecule has 8 heteroatoms. The van der Waals surface area contributed by atoms with Crippen LogP contribution < -0.4 is 9.67 Å². The van der Waals surface area contributed by atoms with Gasteiger partial charge in [-0.15, -0.1) is 0 Å². The smallest absolute Gasteiger partial charge is 0.326 e. The minimum atomic E-state index is -0.511. The quantitative estimate of drug-likeness (QED) is 0.399. The number of rotatable bonds is 7. The van der Waals surface area contributed by atoms with Crippen molar-refractivity contribution < 1.29 is 23.7 Å². The van der Waals surface area contributed by atoms with Gasteiger partial charge >= 0.3 is 5.91 Å². The number of hydrogen-bond acceptors (Lipinski definition) is 4. The lowest BCUT2D eigenvalue weighted by molar-refractivity contribution is -0.577. The molecule has 7 nitrogen and oxygen atoms in total. The topological polar surface area (TPSA) is 82.1 Å². The molecule has 0 N–H and O–H groups in total. The molecular formula is C26H27FN4O3. The number of aryl methyl sites for hydroxylation is 2. The van der Waals surface area contributed by atoms with Crippen molar-refractivity contribution in [2.45, 2.75) is 40.5 Å². The maximum absolute atomic E-state index is 13.6. The molecule has 4 rings (SSSR count). The van der Waals surface area contributed by atoms with E-state index < -0.39 is 23.5 Å². The van der Waals surface area contributed by atoms with Gasteiger partial charge in [-0.3, -0.25) is 14.5 Å². The monoisotopic (exact) mass is 462 g/mol. The second kappa shape index (κ2) is 9.21. The van der Waals surface area contributed by atoms with Crippen LogP contribution >= 0.6 is 0 Å². The van der Waals surface area contributed by atoms with E-state index in [0.717, 1.165) is 5.56 Å². The molecule has 2 aromatic heterocycles. The van der Waals surface area contributed by atoms with Crippen molar-refractivity contribution >= 4 is 23.1 Å². The van der Waals surface area contributed by atoms with E-state index in [1.54, 1.807) is 23.0 Å². The highest BCUT2D eigenvalue weighted by atomic mass is 19.1. The molecule has 0 unspecified atom stereocenters. The van der Waals surface area contributed by atoms with Crippen LogP contribution in [0.1, 0.15) is 44.0 Å². The predicted molar refractivity (Wildman–Crippen MR) is 123 cm³/mol. The Labute approximate surface area is 197 Å². The second-order valence-corrected chi connectivity index (χ2v) is 8.89. The average molecular weight is 463 g/mol.